The van der Waals surface area contributed by atoms with Crippen molar-refractivity contribution in [1.82, 2.24) is 10.2 Å². The van der Waals surface area contributed by atoms with Crippen molar-refractivity contribution in [3.63, 3.8) is 0 Å². The number of hydrogen-bond donors (Lipinski definition) is 1. The van der Waals surface area contributed by atoms with E-state index < -0.39 is 17.8 Å². The number of barbiturate groups is 1. The summed E-state index contributed by atoms with van der Waals surface area (Å²) in [6.07, 6.45) is 4.96. The van der Waals surface area contributed by atoms with Crippen molar-refractivity contribution < 1.29 is 19.1 Å². The van der Waals surface area contributed by atoms with Crippen LogP contribution in [0.5, 0.6) is 5.75 Å². The van der Waals surface area contributed by atoms with Gasteiger partial charge in [0.1, 0.15) is 17.9 Å². The van der Waals surface area contributed by atoms with Gasteiger partial charge in [0.25, 0.3) is 11.8 Å². The van der Waals surface area contributed by atoms with Gasteiger partial charge in [-0.1, -0.05) is 71.2 Å². The van der Waals surface area contributed by atoms with E-state index in [2.05, 4.69) is 39.4 Å². The third-order valence-electron chi connectivity index (χ3n) is 6.36. The molecule has 1 aliphatic heterocycles. The number of rotatable bonds is 5. The van der Waals surface area contributed by atoms with Crippen molar-refractivity contribution in [1.29, 1.82) is 0 Å². The summed E-state index contributed by atoms with van der Waals surface area (Å²) in [5, 5.41) is 4.56. The smallest absolute Gasteiger partial charge is 0.331 e. The molecule has 0 bridgehead atoms. The lowest BCUT2D eigenvalue weighted by Gasteiger charge is -2.31. The minimum atomic E-state index is -0.691. The quantitative estimate of drug-likeness (QED) is 0.353. The van der Waals surface area contributed by atoms with Crippen molar-refractivity contribution in [3.05, 3.63) is 81.8 Å². The first-order chi connectivity index (χ1) is 16.5. The highest BCUT2D eigenvalue weighted by Gasteiger charge is 2.40. The van der Waals surface area contributed by atoms with Crippen molar-refractivity contribution in [2.45, 2.75) is 38.3 Å². The van der Waals surface area contributed by atoms with Crippen LogP contribution in [-0.4, -0.2) is 28.8 Å². The second-order valence-corrected chi connectivity index (χ2v) is 9.46. The van der Waals surface area contributed by atoms with Crippen LogP contribution in [0.4, 0.5) is 4.79 Å². The van der Waals surface area contributed by atoms with Crippen LogP contribution in [0, 0.1) is 0 Å². The van der Waals surface area contributed by atoms with E-state index in [1.807, 2.05) is 30.3 Å². The molecule has 5 rings (SSSR count). The number of ether oxygens (including phenoxy) is 1. The molecule has 3 aromatic carbocycles. The number of benzene rings is 3. The summed E-state index contributed by atoms with van der Waals surface area (Å²) >= 11 is 3.46. The molecule has 0 aromatic heterocycles. The molecule has 1 aliphatic carbocycles. The number of hydrogen-bond acceptors (Lipinski definition) is 4. The van der Waals surface area contributed by atoms with E-state index >= 15 is 0 Å². The SMILES string of the molecule is O=C1NC(=O)N(C2CCCC2)C(=O)/C1=C/c1cc(Br)ccc1OCc1cccc2ccccc12. The number of fused-ring (bicyclic) bond motifs is 1. The number of amides is 4. The Balaban J connectivity index is 1.45. The maximum Gasteiger partial charge on any atom is 0.331 e. The maximum atomic E-state index is 13.2. The largest absolute Gasteiger partial charge is 0.488 e. The molecule has 2 aliphatic rings. The van der Waals surface area contributed by atoms with Gasteiger partial charge in [-0.2, -0.15) is 0 Å². The van der Waals surface area contributed by atoms with Gasteiger partial charge < -0.3 is 4.74 Å². The normalized spacial score (nSPS) is 18.1. The Kier molecular flexibility index (Phi) is 6.20. The van der Waals surface area contributed by atoms with E-state index in [9.17, 15) is 14.4 Å². The molecule has 34 heavy (non-hydrogen) atoms. The van der Waals surface area contributed by atoms with Crippen LogP contribution in [0.3, 0.4) is 0 Å². The molecule has 4 amide bonds. The van der Waals surface area contributed by atoms with Gasteiger partial charge in [-0.15, -0.1) is 0 Å². The maximum absolute atomic E-state index is 13.2. The first kappa shape index (κ1) is 22.3. The zero-order valence-electron chi connectivity index (χ0n) is 18.4. The second-order valence-electron chi connectivity index (χ2n) is 8.54. The summed E-state index contributed by atoms with van der Waals surface area (Å²) in [6.45, 7) is 0.325. The minimum absolute atomic E-state index is 0.0698. The molecule has 0 atom stereocenters. The summed E-state index contributed by atoms with van der Waals surface area (Å²) in [7, 11) is 0. The van der Waals surface area contributed by atoms with Crippen LogP contribution in [0.2, 0.25) is 0 Å². The average Bonchev–Trinajstić information content (AvgIpc) is 3.35. The topological polar surface area (TPSA) is 75.7 Å². The molecular formula is C27H23BrN2O4. The summed E-state index contributed by atoms with van der Waals surface area (Å²) in [5.41, 5.74) is 1.54. The highest BCUT2D eigenvalue weighted by Crippen LogP contribution is 2.30. The molecule has 0 radical (unpaired) electrons. The average molecular weight is 519 g/mol. The fourth-order valence-corrected chi connectivity index (χ4v) is 5.04. The highest BCUT2D eigenvalue weighted by atomic mass is 79.9. The van der Waals surface area contributed by atoms with Crippen LogP contribution in [0.25, 0.3) is 16.8 Å². The fraction of sp³-hybridized carbons (Fsp3) is 0.222. The summed E-state index contributed by atoms with van der Waals surface area (Å²) < 4.78 is 6.94. The van der Waals surface area contributed by atoms with Gasteiger partial charge in [0.05, 0.1) is 0 Å². The molecule has 0 unspecified atom stereocenters. The second kappa shape index (κ2) is 9.43. The van der Waals surface area contributed by atoms with E-state index in [-0.39, 0.29) is 11.6 Å². The van der Waals surface area contributed by atoms with Gasteiger partial charge in [-0.3, -0.25) is 19.8 Å². The van der Waals surface area contributed by atoms with Crippen LogP contribution < -0.4 is 10.1 Å². The lowest BCUT2D eigenvalue weighted by atomic mass is 10.0. The number of nitrogens with zero attached hydrogens (tertiary/aromatic N) is 1. The number of halogens is 1. The third-order valence-corrected chi connectivity index (χ3v) is 6.85. The van der Waals surface area contributed by atoms with Crippen molar-refractivity contribution in [2.24, 2.45) is 0 Å². The highest BCUT2D eigenvalue weighted by molar-refractivity contribution is 9.10. The van der Waals surface area contributed by atoms with E-state index in [0.717, 1.165) is 46.5 Å². The molecule has 0 spiro atoms. The van der Waals surface area contributed by atoms with E-state index in [1.54, 1.807) is 12.1 Å². The zero-order chi connectivity index (χ0) is 23.7. The van der Waals surface area contributed by atoms with Gasteiger partial charge in [-0.05, 0) is 53.5 Å². The third kappa shape index (κ3) is 4.35. The molecule has 172 valence electrons. The van der Waals surface area contributed by atoms with E-state index in [4.69, 9.17) is 4.74 Å². The van der Waals surface area contributed by atoms with Gasteiger partial charge >= 0.3 is 6.03 Å². The predicted octanol–water partition coefficient (Wildman–Crippen LogP) is 5.59. The molecule has 1 N–H and O–H groups in total. The Bertz CT molecular complexity index is 1320. The first-order valence-corrected chi connectivity index (χ1v) is 12.1. The lowest BCUT2D eigenvalue weighted by Crippen LogP contribution is -2.57. The van der Waals surface area contributed by atoms with Gasteiger partial charge in [-0.25, -0.2) is 4.79 Å². The standard InChI is InChI=1S/C27H23BrN2O4/c28-20-12-13-24(34-16-18-8-5-7-17-6-1-4-11-22(17)18)19(14-20)15-23-25(31)29-27(33)30(26(23)32)21-9-2-3-10-21/h1,4-8,11-15,21H,2-3,9-10,16H2,(H,29,31,33)/b23-15+. The summed E-state index contributed by atoms with van der Waals surface area (Å²) in [5.74, 6) is -0.710. The van der Waals surface area contributed by atoms with Crippen LogP contribution >= 0.6 is 15.9 Å². The first-order valence-electron chi connectivity index (χ1n) is 11.3. The van der Waals surface area contributed by atoms with Crippen LogP contribution in [0.1, 0.15) is 36.8 Å². The Morgan fingerprint density at radius 2 is 1.76 bits per heavy atom. The van der Waals surface area contributed by atoms with E-state index in [0.29, 0.717) is 17.9 Å². The number of imide groups is 2. The van der Waals surface area contributed by atoms with E-state index in [1.165, 1.54) is 11.0 Å². The summed E-state index contributed by atoms with van der Waals surface area (Å²) in [4.78, 5) is 39.4. The van der Waals surface area contributed by atoms with Gasteiger partial charge in [0.15, 0.2) is 0 Å². The predicted molar refractivity (Wildman–Crippen MR) is 133 cm³/mol. The van der Waals surface area contributed by atoms with Gasteiger partial charge in [0.2, 0.25) is 0 Å². The Labute approximate surface area is 205 Å². The molecule has 1 saturated carbocycles. The molecular weight excluding hydrogens is 496 g/mol. The molecule has 2 fully saturated rings. The molecule has 1 heterocycles. The Morgan fingerprint density at radius 3 is 2.59 bits per heavy atom. The molecule has 3 aromatic rings. The zero-order valence-corrected chi connectivity index (χ0v) is 20.0. The van der Waals surface area contributed by atoms with Crippen LogP contribution in [-0.2, 0) is 16.2 Å². The lowest BCUT2D eigenvalue weighted by molar-refractivity contribution is -0.131. The number of carbonyl (C=O) groups is 3. The Hall–Kier alpha value is -3.45. The fourth-order valence-electron chi connectivity index (χ4n) is 4.66. The number of urea groups is 1. The number of carbonyl (C=O) groups excluding carboxylic acids is 3. The molecule has 1 saturated heterocycles. The molecule has 6 nitrogen and oxygen atoms in total. The monoisotopic (exact) mass is 518 g/mol. The van der Waals surface area contributed by atoms with Crippen molar-refractivity contribution >= 4 is 50.6 Å². The molecule has 7 heteroatoms. The minimum Gasteiger partial charge on any atom is -0.488 e. The van der Waals surface area contributed by atoms with Crippen molar-refractivity contribution in [2.75, 3.05) is 0 Å². The Morgan fingerprint density at radius 1 is 1.00 bits per heavy atom. The summed E-state index contributed by atoms with van der Waals surface area (Å²) in [6, 6.07) is 18.8. The van der Waals surface area contributed by atoms with Crippen molar-refractivity contribution in [3.8, 4) is 5.75 Å². The van der Waals surface area contributed by atoms with Gasteiger partial charge in [0, 0.05) is 16.1 Å². The van der Waals surface area contributed by atoms with Crippen LogP contribution in [0.15, 0.2) is 70.7 Å². The number of nitrogens with one attached hydrogen (secondary N) is 1.